The van der Waals surface area contributed by atoms with Crippen molar-refractivity contribution in [3.63, 3.8) is 0 Å². The van der Waals surface area contributed by atoms with Crippen LogP contribution in [0.4, 0.5) is 15.8 Å². The minimum Gasteiger partial charge on any atom is -0.352 e. The van der Waals surface area contributed by atoms with Crippen molar-refractivity contribution in [2.24, 2.45) is 0 Å². The molecule has 2 aromatic rings. The molecule has 97 valence electrons. The molecule has 0 atom stereocenters. The Morgan fingerprint density at radius 3 is 2.79 bits per heavy atom. The number of hydrogen-bond donors (Lipinski definition) is 1. The van der Waals surface area contributed by atoms with Gasteiger partial charge in [0.1, 0.15) is 5.82 Å². The molecule has 2 nitrogen and oxygen atoms in total. The Hall–Kier alpha value is -1.87. The van der Waals surface area contributed by atoms with Crippen LogP contribution in [0.25, 0.3) is 0 Å². The van der Waals surface area contributed by atoms with Gasteiger partial charge in [-0.25, -0.2) is 4.39 Å². The molecule has 2 aromatic carbocycles. The van der Waals surface area contributed by atoms with Gasteiger partial charge in [-0.3, -0.25) is 4.79 Å². The van der Waals surface area contributed by atoms with Crippen LogP contribution in [0.15, 0.2) is 36.4 Å². The van der Waals surface area contributed by atoms with E-state index < -0.39 is 5.82 Å². The molecular weight excluding hydrogens is 265 g/mol. The molecule has 1 N–H and O–H groups in total. The zero-order valence-electron chi connectivity index (χ0n) is 10.3. The Balaban J connectivity index is 2.40. The van der Waals surface area contributed by atoms with Gasteiger partial charge in [0, 0.05) is 12.1 Å². The van der Waals surface area contributed by atoms with Gasteiger partial charge in [-0.15, -0.1) is 0 Å². The van der Waals surface area contributed by atoms with E-state index in [1.807, 2.05) is 25.3 Å². The number of carbonyl (C=O) groups excluding carboxylic acids is 1. The van der Waals surface area contributed by atoms with Crippen LogP contribution in [-0.2, 0) is 11.2 Å². The molecule has 0 unspecified atom stereocenters. The summed E-state index contributed by atoms with van der Waals surface area (Å²) in [5, 5.41) is 3.23. The van der Waals surface area contributed by atoms with Crippen molar-refractivity contribution >= 4 is 29.3 Å². The fraction of sp³-hybridized carbons (Fsp3) is 0.133. The lowest BCUT2D eigenvalue weighted by atomic mass is 10.1. The van der Waals surface area contributed by atoms with Crippen molar-refractivity contribution in [2.45, 2.75) is 13.3 Å². The highest BCUT2D eigenvalue weighted by Crippen LogP contribution is 2.30. The summed E-state index contributed by atoms with van der Waals surface area (Å²) in [7, 11) is 0. The van der Waals surface area contributed by atoms with Crippen LogP contribution in [0.3, 0.4) is 0 Å². The van der Waals surface area contributed by atoms with Crippen molar-refractivity contribution in [1.82, 2.24) is 0 Å². The van der Waals surface area contributed by atoms with Crippen molar-refractivity contribution < 1.29 is 9.18 Å². The molecule has 0 aliphatic rings. The van der Waals surface area contributed by atoms with Gasteiger partial charge in [0.25, 0.3) is 0 Å². The van der Waals surface area contributed by atoms with E-state index in [4.69, 9.17) is 11.6 Å². The van der Waals surface area contributed by atoms with Crippen molar-refractivity contribution in [2.75, 3.05) is 5.32 Å². The summed E-state index contributed by atoms with van der Waals surface area (Å²) in [6.07, 6.45) is 2.00. The van der Waals surface area contributed by atoms with Gasteiger partial charge in [-0.05, 0) is 30.7 Å². The minimum absolute atomic E-state index is 0.149. The number of rotatable bonds is 4. The number of benzene rings is 2. The minimum atomic E-state index is -0.436. The topological polar surface area (TPSA) is 29.1 Å². The predicted octanol–water partition coefficient (Wildman–Crippen LogP) is 4.18. The number of halogens is 2. The number of nitrogens with one attached hydrogen (secondary N) is 1. The number of hydrogen-bond acceptors (Lipinski definition) is 2. The van der Waals surface area contributed by atoms with Crippen LogP contribution in [-0.4, -0.2) is 6.29 Å². The lowest BCUT2D eigenvalue weighted by molar-refractivity contribution is 0.555. The summed E-state index contributed by atoms with van der Waals surface area (Å²) in [5.41, 5.74) is 2.64. The fourth-order valence-corrected chi connectivity index (χ4v) is 2.03. The number of anilines is 2. The maximum atomic E-state index is 13.7. The molecule has 0 saturated heterocycles. The molecule has 0 heterocycles. The van der Waals surface area contributed by atoms with E-state index in [9.17, 15) is 9.18 Å². The van der Waals surface area contributed by atoms with Gasteiger partial charge >= 0.3 is 0 Å². The van der Waals surface area contributed by atoms with E-state index in [-0.39, 0.29) is 12.1 Å². The summed E-state index contributed by atoms with van der Waals surface area (Å²) >= 11 is 5.96. The maximum Gasteiger partial charge on any atom is 0.203 e. The van der Waals surface area contributed by atoms with Gasteiger partial charge in [0.15, 0.2) is 0 Å². The summed E-state index contributed by atoms with van der Waals surface area (Å²) in [6, 6.07) is 10.0. The van der Waals surface area contributed by atoms with Crippen molar-refractivity contribution in [3.8, 4) is 0 Å². The maximum absolute atomic E-state index is 13.7. The van der Waals surface area contributed by atoms with E-state index in [1.165, 1.54) is 12.1 Å². The SMILES string of the molecule is Cc1ccc(Nc2c(F)cccc2Cl)c(C[C]=O)c1. The first-order chi connectivity index (χ1) is 9.11. The molecule has 4 heteroatoms. The quantitative estimate of drug-likeness (QED) is 0.907. The monoisotopic (exact) mass is 276 g/mol. The zero-order valence-corrected chi connectivity index (χ0v) is 11.1. The Morgan fingerprint density at radius 2 is 2.11 bits per heavy atom. The molecule has 1 radical (unpaired) electrons. The average molecular weight is 277 g/mol. The smallest absolute Gasteiger partial charge is 0.203 e. The summed E-state index contributed by atoms with van der Waals surface area (Å²) in [4.78, 5) is 10.6. The molecule has 0 bridgehead atoms. The second kappa shape index (κ2) is 5.85. The molecule has 2 rings (SSSR count). The molecule has 0 aromatic heterocycles. The zero-order chi connectivity index (χ0) is 13.8. The lowest BCUT2D eigenvalue weighted by Gasteiger charge is -2.13. The van der Waals surface area contributed by atoms with Gasteiger partial charge in [-0.1, -0.05) is 35.4 Å². The molecular formula is C15H12ClFNO. The lowest BCUT2D eigenvalue weighted by Crippen LogP contribution is -2.00. The molecule has 0 amide bonds. The van der Waals surface area contributed by atoms with Gasteiger partial charge < -0.3 is 5.32 Å². The molecule has 0 aliphatic carbocycles. The third-order valence-corrected chi connectivity index (χ3v) is 3.06. The summed E-state index contributed by atoms with van der Waals surface area (Å²) in [5.74, 6) is -0.436. The second-order valence-corrected chi connectivity index (χ2v) is 4.61. The third-order valence-electron chi connectivity index (χ3n) is 2.75. The van der Waals surface area contributed by atoms with E-state index in [0.717, 1.165) is 11.1 Å². The molecule has 19 heavy (non-hydrogen) atoms. The highest BCUT2D eigenvalue weighted by atomic mass is 35.5. The number of para-hydroxylation sites is 1. The van der Waals surface area contributed by atoms with Crippen molar-refractivity contribution in [1.29, 1.82) is 0 Å². The van der Waals surface area contributed by atoms with Crippen LogP contribution < -0.4 is 5.32 Å². The van der Waals surface area contributed by atoms with Crippen molar-refractivity contribution in [3.05, 3.63) is 58.4 Å². The Kier molecular flexibility index (Phi) is 4.17. The van der Waals surface area contributed by atoms with E-state index in [0.29, 0.717) is 10.7 Å². The predicted molar refractivity (Wildman–Crippen MR) is 75.3 cm³/mol. The number of aryl methyl sites for hydroxylation is 1. The Labute approximate surface area is 116 Å². The summed E-state index contributed by atoms with van der Waals surface area (Å²) < 4.78 is 13.7. The standard InChI is InChI=1S/C15H12ClFNO/c1-10-5-6-14(11(9-10)7-8-19)18-15-12(16)3-2-4-13(15)17/h2-6,9,18H,7H2,1H3. The first-order valence-electron chi connectivity index (χ1n) is 5.77. The third kappa shape index (κ3) is 3.12. The normalized spacial score (nSPS) is 10.3. The highest BCUT2D eigenvalue weighted by Gasteiger charge is 2.09. The van der Waals surface area contributed by atoms with Crippen LogP contribution >= 0.6 is 11.6 Å². The Morgan fingerprint density at radius 1 is 1.32 bits per heavy atom. The average Bonchev–Trinajstić information content (AvgIpc) is 2.37. The van der Waals surface area contributed by atoms with Crippen LogP contribution in [0.2, 0.25) is 5.02 Å². The van der Waals surface area contributed by atoms with Gasteiger partial charge in [0.2, 0.25) is 6.29 Å². The Bertz CT molecular complexity index is 593. The molecule has 0 aliphatic heterocycles. The van der Waals surface area contributed by atoms with Crippen LogP contribution in [0, 0.1) is 12.7 Å². The van der Waals surface area contributed by atoms with E-state index in [1.54, 1.807) is 12.1 Å². The molecule has 0 saturated carbocycles. The highest BCUT2D eigenvalue weighted by molar-refractivity contribution is 6.33. The summed E-state index contributed by atoms with van der Waals surface area (Å²) in [6.45, 7) is 1.92. The molecule has 0 spiro atoms. The van der Waals surface area contributed by atoms with Crippen LogP contribution in [0.5, 0.6) is 0 Å². The van der Waals surface area contributed by atoms with Crippen LogP contribution in [0.1, 0.15) is 11.1 Å². The van der Waals surface area contributed by atoms with Gasteiger partial charge in [0.05, 0.1) is 10.7 Å². The molecule has 0 fully saturated rings. The van der Waals surface area contributed by atoms with Gasteiger partial charge in [-0.2, -0.15) is 0 Å². The first-order valence-corrected chi connectivity index (χ1v) is 6.15. The van der Waals surface area contributed by atoms with E-state index >= 15 is 0 Å². The largest absolute Gasteiger partial charge is 0.352 e. The second-order valence-electron chi connectivity index (χ2n) is 4.20. The fourth-order valence-electron chi connectivity index (χ4n) is 1.82. The van der Waals surface area contributed by atoms with E-state index in [2.05, 4.69) is 5.32 Å². The first kappa shape index (κ1) is 13.6.